The topological polar surface area (TPSA) is 42.2 Å². The van der Waals surface area contributed by atoms with E-state index in [0.717, 1.165) is 18.8 Å². The van der Waals surface area contributed by atoms with Gasteiger partial charge >= 0.3 is 0 Å². The van der Waals surface area contributed by atoms with E-state index in [-0.39, 0.29) is 0 Å². The molecule has 1 aromatic rings. The number of aromatic nitrogens is 1. The zero-order valence-electron chi connectivity index (χ0n) is 9.53. The average molecular weight is 205 g/mol. The highest BCUT2D eigenvalue weighted by molar-refractivity contribution is 5.55. The normalized spacial score (nSPS) is 15.4. The molecule has 0 atom stereocenters. The minimum Gasteiger partial charge on any atom is -0.367 e. The highest BCUT2D eigenvalue weighted by Gasteiger charge is 2.29. The lowest BCUT2D eigenvalue weighted by Gasteiger charge is -2.26. The van der Waals surface area contributed by atoms with Crippen molar-refractivity contribution in [1.82, 2.24) is 4.98 Å². The van der Waals surface area contributed by atoms with Crippen molar-refractivity contribution < 1.29 is 0 Å². The number of nitrogens with zero attached hydrogens (tertiary/aromatic N) is 2. The van der Waals surface area contributed by atoms with Crippen LogP contribution in [-0.4, -0.2) is 24.1 Å². The molecule has 0 spiro atoms. The molecule has 0 aromatic carbocycles. The van der Waals surface area contributed by atoms with Crippen molar-refractivity contribution in [2.75, 3.05) is 18.0 Å². The Morgan fingerprint density at radius 1 is 1.47 bits per heavy atom. The van der Waals surface area contributed by atoms with E-state index >= 15 is 0 Å². The summed E-state index contributed by atoms with van der Waals surface area (Å²) in [5.74, 6) is 0. The fraction of sp³-hybridized carbons (Fsp3) is 0.583. The summed E-state index contributed by atoms with van der Waals surface area (Å²) in [6.07, 6.45) is 4.51. The number of hydrogen-bond acceptors (Lipinski definition) is 3. The fourth-order valence-corrected chi connectivity index (χ4v) is 1.96. The van der Waals surface area contributed by atoms with Crippen LogP contribution < -0.4 is 10.6 Å². The third-order valence-corrected chi connectivity index (χ3v) is 3.09. The van der Waals surface area contributed by atoms with Gasteiger partial charge in [0.25, 0.3) is 0 Å². The van der Waals surface area contributed by atoms with Gasteiger partial charge < -0.3 is 10.6 Å². The highest BCUT2D eigenvalue weighted by atomic mass is 15.2. The molecule has 82 valence electrons. The Labute approximate surface area is 91.3 Å². The average Bonchev–Trinajstić information content (AvgIpc) is 3.03. The second-order valence-corrected chi connectivity index (χ2v) is 4.25. The Morgan fingerprint density at radius 3 is 2.80 bits per heavy atom. The van der Waals surface area contributed by atoms with Crippen LogP contribution in [0.2, 0.25) is 0 Å². The van der Waals surface area contributed by atoms with Gasteiger partial charge in [-0.2, -0.15) is 0 Å². The SMILES string of the molecule is Cc1nccc(N(CCN)C2CC2)c1C. The van der Waals surface area contributed by atoms with Crippen molar-refractivity contribution >= 4 is 5.69 Å². The summed E-state index contributed by atoms with van der Waals surface area (Å²) in [5, 5.41) is 0. The van der Waals surface area contributed by atoms with Crippen molar-refractivity contribution in [1.29, 1.82) is 0 Å². The summed E-state index contributed by atoms with van der Waals surface area (Å²) in [6.45, 7) is 5.88. The predicted molar refractivity (Wildman–Crippen MR) is 63.1 cm³/mol. The van der Waals surface area contributed by atoms with E-state index in [2.05, 4.69) is 29.8 Å². The molecule has 1 saturated carbocycles. The van der Waals surface area contributed by atoms with Crippen LogP contribution in [0.3, 0.4) is 0 Å². The van der Waals surface area contributed by atoms with Gasteiger partial charge in [0.2, 0.25) is 0 Å². The van der Waals surface area contributed by atoms with E-state index < -0.39 is 0 Å². The Hall–Kier alpha value is -1.09. The summed E-state index contributed by atoms with van der Waals surface area (Å²) in [6, 6.07) is 2.82. The zero-order chi connectivity index (χ0) is 10.8. The minimum absolute atomic E-state index is 0.717. The molecular weight excluding hydrogens is 186 g/mol. The summed E-state index contributed by atoms with van der Waals surface area (Å²) in [4.78, 5) is 6.74. The Balaban J connectivity index is 2.28. The molecular formula is C12H19N3. The molecule has 3 heteroatoms. The highest BCUT2D eigenvalue weighted by Crippen LogP contribution is 2.33. The molecule has 0 amide bonds. The molecule has 1 heterocycles. The summed E-state index contributed by atoms with van der Waals surface area (Å²) in [7, 11) is 0. The zero-order valence-corrected chi connectivity index (χ0v) is 9.53. The van der Waals surface area contributed by atoms with Crippen LogP contribution in [-0.2, 0) is 0 Å². The van der Waals surface area contributed by atoms with Gasteiger partial charge in [0, 0.05) is 36.7 Å². The molecule has 1 aliphatic carbocycles. The first-order chi connectivity index (χ1) is 7.24. The van der Waals surface area contributed by atoms with Gasteiger partial charge in [-0.25, -0.2) is 0 Å². The number of aryl methyl sites for hydroxylation is 1. The third-order valence-electron chi connectivity index (χ3n) is 3.09. The first-order valence-electron chi connectivity index (χ1n) is 5.63. The van der Waals surface area contributed by atoms with Gasteiger partial charge in [-0.05, 0) is 38.3 Å². The second kappa shape index (κ2) is 4.19. The van der Waals surface area contributed by atoms with Crippen LogP contribution >= 0.6 is 0 Å². The van der Waals surface area contributed by atoms with Crippen molar-refractivity contribution in [3.63, 3.8) is 0 Å². The van der Waals surface area contributed by atoms with Gasteiger partial charge in [-0.3, -0.25) is 4.98 Å². The lowest BCUT2D eigenvalue weighted by Crippen LogP contribution is -2.32. The van der Waals surface area contributed by atoms with E-state index in [1.165, 1.54) is 24.1 Å². The Bertz CT molecular complexity index is 345. The molecule has 1 fully saturated rings. The molecule has 0 unspecified atom stereocenters. The minimum atomic E-state index is 0.717. The van der Waals surface area contributed by atoms with Crippen LogP contribution in [0.1, 0.15) is 24.1 Å². The van der Waals surface area contributed by atoms with Crippen LogP contribution in [0.15, 0.2) is 12.3 Å². The first-order valence-corrected chi connectivity index (χ1v) is 5.63. The number of anilines is 1. The molecule has 3 nitrogen and oxygen atoms in total. The van der Waals surface area contributed by atoms with E-state index in [4.69, 9.17) is 5.73 Å². The van der Waals surface area contributed by atoms with Gasteiger partial charge in [0.1, 0.15) is 0 Å². The molecule has 0 aliphatic heterocycles. The largest absolute Gasteiger partial charge is 0.367 e. The van der Waals surface area contributed by atoms with Crippen LogP contribution in [0, 0.1) is 13.8 Å². The maximum absolute atomic E-state index is 5.66. The van der Waals surface area contributed by atoms with Crippen molar-refractivity contribution in [3.05, 3.63) is 23.5 Å². The Kier molecular flexibility index (Phi) is 2.91. The van der Waals surface area contributed by atoms with Crippen molar-refractivity contribution in [2.24, 2.45) is 5.73 Å². The lowest BCUT2D eigenvalue weighted by atomic mass is 10.1. The van der Waals surface area contributed by atoms with Crippen LogP contribution in [0.4, 0.5) is 5.69 Å². The van der Waals surface area contributed by atoms with E-state index in [1.54, 1.807) is 0 Å². The first kappa shape index (κ1) is 10.4. The van der Waals surface area contributed by atoms with E-state index in [1.807, 2.05) is 6.20 Å². The van der Waals surface area contributed by atoms with Crippen molar-refractivity contribution in [3.8, 4) is 0 Å². The summed E-state index contributed by atoms with van der Waals surface area (Å²) < 4.78 is 0. The van der Waals surface area contributed by atoms with Gasteiger partial charge in [0.15, 0.2) is 0 Å². The van der Waals surface area contributed by atoms with Crippen LogP contribution in [0.25, 0.3) is 0 Å². The quantitative estimate of drug-likeness (QED) is 0.812. The van der Waals surface area contributed by atoms with Crippen LogP contribution in [0.5, 0.6) is 0 Å². The number of hydrogen-bond donors (Lipinski definition) is 1. The number of pyridine rings is 1. The van der Waals surface area contributed by atoms with E-state index in [0.29, 0.717) is 6.04 Å². The number of nitrogens with two attached hydrogens (primary N) is 1. The molecule has 0 bridgehead atoms. The van der Waals surface area contributed by atoms with Gasteiger partial charge in [0.05, 0.1) is 0 Å². The summed E-state index contributed by atoms with van der Waals surface area (Å²) >= 11 is 0. The van der Waals surface area contributed by atoms with Gasteiger partial charge in [-0.15, -0.1) is 0 Å². The monoisotopic (exact) mass is 205 g/mol. The molecule has 2 rings (SSSR count). The fourth-order valence-electron chi connectivity index (χ4n) is 1.96. The molecule has 1 aromatic heterocycles. The van der Waals surface area contributed by atoms with Gasteiger partial charge in [-0.1, -0.05) is 0 Å². The predicted octanol–water partition coefficient (Wildman–Crippen LogP) is 1.63. The summed E-state index contributed by atoms with van der Waals surface area (Å²) in [5.41, 5.74) is 9.39. The molecule has 0 radical (unpaired) electrons. The molecule has 0 saturated heterocycles. The Morgan fingerprint density at radius 2 is 2.20 bits per heavy atom. The lowest BCUT2D eigenvalue weighted by molar-refractivity contribution is 0.780. The smallest absolute Gasteiger partial charge is 0.0432 e. The standard InChI is InChI=1S/C12H19N3/c1-9-10(2)14-7-5-12(9)15(8-6-13)11-3-4-11/h5,7,11H,3-4,6,8,13H2,1-2H3. The molecule has 1 aliphatic rings. The maximum Gasteiger partial charge on any atom is 0.0432 e. The molecule has 15 heavy (non-hydrogen) atoms. The van der Waals surface area contributed by atoms with E-state index in [9.17, 15) is 0 Å². The third kappa shape index (κ3) is 2.12. The molecule has 2 N–H and O–H groups in total. The maximum atomic E-state index is 5.66. The number of rotatable bonds is 4. The second-order valence-electron chi connectivity index (χ2n) is 4.25. The van der Waals surface area contributed by atoms with Crippen molar-refractivity contribution in [2.45, 2.75) is 32.7 Å².